The fraction of sp³-hybridized carbons (Fsp3) is 0.409. The maximum atomic E-state index is 12.3. The molecule has 172 valence electrons. The number of anilines is 1. The summed E-state index contributed by atoms with van der Waals surface area (Å²) in [4.78, 5) is 37.8. The molecule has 1 amide bonds. The number of thiophene rings is 1. The molecule has 0 radical (unpaired) electrons. The van der Waals surface area contributed by atoms with Crippen LogP contribution in [-0.2, 0) is 41.7 Å². The van der Waals surface area contributed by atoms with Crippen LogP contribution in [0.25, 0.3) is 0 Å². The zero-order valence-electron chi connectivity index (χ0n) is 17.9. The summed E-state index contributed by atoms with van der Waals surface area (Å²) in [5.41, 5.74) is 2.20. The number of carbonyl (C=O) groups is 3. The summed E-state index contributed by atoms with van der Waals surface area (Å²) in [6.07, 6.45) is 2.17. The number of carbonyl (C=O) groups excluding carboxylic acids is 3. The maximum Gasteiger partial charge on any atom is 0.341 e. The Hall–Kier alpha value is -2.72. The topological polar surface area (TPSA) is 116 Å². The average Bonchev–Trinajstić information content (AvgIpc) is 3.32. The molecule has 1 N–H and O–H groups in total. The van der Waals surface area contributed by atoms with E-state index in [4.69, 9.17) is 9.47 Å². The number of aryl methyl sites for hydroxylation is 2. The van der Waals surface area contributed by atoms with Crippen molar-refractivity contribution in [3.8, 4) is 0 Å². The van der Waals surface area contributed by atoms with Crippen molar-refractivity contribution < 1.29 is 32.3 Å². The van der Waals surface area contributed by atoms with Crippen LogP contribution in [0.15, 0.2) is 29.2 Å². The lowest BCUT2D eigenvalue weighted by Crippen LogP contribution is -2.23. The fourth-order valence-electron chi connectivity index (χ4n) is 3.37. The predicted molar refractivity (Wildman–Crippen MR) is 120 cm³/mol. The second kappa shape index (κ2) is 10.3. The molecule has 0 fully saturated rings. The summed E-state index contributed by atoms with van der Waals surface area (Å²) in [5, 5.41) is 3.01. The van der Waals surface area contributed by atoms with E-state index in [0.29, 0.717) is 10.6 Å². The normalized spacial score (nSPS) is 12.8. The molecule has 8 nitrogen and oxygen atoms in total. The van der Waals surface area contributed by atoms with E-state index in [1.807, 2.05) is 6.92 Å². The third-order valence-corrected chi connectivity index (χ3v) is 7.91. The molecule has 2 aromatic rings. The smallest absolute Gasteiger partial charge is 0.341 e. The van der Waals surface area contributed by atoms with Gasteiger partial charge in [-0.1, -0.05) is 17.7 Å². The van der Waals surface area contributed by atoms with Gasteiger partial charge in [0.2, 0.25) is 0 Å². The molecule has 1 aliphatic carbocycles. The van der Waals surface area contributed by atoms with E-state index in [-0.39, 0.29) is 17.9 Å². The van der Waals surface area contributed by atoms with E-state index < -0.39 is 40.0 Å². The number of rotatable bonds is 9. The van der Waals surface area contributed by atoms with Crippen LogP contribution in [0.1, 0.15) is 46.1 Å². The lowest BCUT2D eigenvalue weighted by atomic mass is 10.1. The largest absolute Gasteiger partial charge is 0.462 e. The van der Waals surface area contributed by atoms with Gasteiger partial charge in [-0.05, 0) is 50.8 Å². The summed E-state index contributed by atoms with van der Waals surface area (Å²) in [5.74, 6) is -2.30. The fourth-order valence-corrected chi connectivity index (χ4v) is 5.89. The quantitative estimate of drug-likeness (QED) is 0.550. The van der Waals surface area contributed by atoms with Crippen molar-refractivity contribution in [3.63, 3.8) is 0 Å². The second-order valence-electron chi connectivity index (χ2n) is 7.37. The van der Waals surface area contributed by atoms with E-state index in [0.717, 1.165) is 35.3 Å². The van der Waals surface area contributed by atoms with Gasteiger partial charge in [0.25, 0.3) is 5.91 Å². The molecule has 0 atom stereocenters. The zero-order valence-corrected chi connectivity index (χ0v) is 19.6. The minimum Gasteiger partial charge on any atom is -0.462 e. The molecule has 1 aromatic heterocycles. The van der Waals surface area contributed by atoms with Gasteiger partial charge < -0.3 is 14.8 Å². The number of fused-ring (bicyclic) bond motifs is 1. The monoisotopic (exact) mass is 479 g/mol. The first-order valence-electron chi connectivity index (χ1n) is 10.3. The Kier molecular flexibility index (Phi) is 7.68. The molecular formula is C22H25NO7S2. The molecule has 1 aliphatic rings. The van der Waals surface area contributed by atoms with Gasteiger partial charge in [0.05, 0.1) is 29.2 Å². The highest BCUT2D eigenvalue weighted by molar-refractivity contribution is 7.91. The number of nitrogens with one attached hydrogen (secondary N) is 1. The van der Waals surface area contributed by atoms with Gasteiger partial charge in [-0.15, -0.1) is 11.3 Å². The summed E-state index contributed by atoms with van der Waals surface area (Å²) in [6.45, 7) is 3.20. The highest BCUT2D eigenvalue weighted by Gasteiger charge is 2.28. The molecule has 0 aliphatic heterocycles. The van der Waals surface area contributed by atoms with Gasteiger partial charge in [0, 0.05) is 4.88 Å². The highest BCUT2D eigenvalue weighted by atomic mass is 32.2. The highest BCUT2D eigenvalue weighted by Crippen LogP contribution is 2.39. The maximum absolute atomic E-state index is 12.3. The molecule has 0 unspecified atom stereocenters. The molecule has 0 bridgehead atoms. The van der Waals surface area contributed by atoms with Crippen LogP contribution in [0.5, 0.6) is 0 Å². The Balaban J connectivity index is 1.53. The lowest BCUT2D eigenvalue weighted by Gasteiger charge is -2.09. The van der Waals surface area contributed by atoms with E-state index in [1.165, 1.54) is 23.5 Å². The van der Waals surface area contributed by atoms with Crippen molar-refractivity contribution in [3.05, 3.63) is 45.8 Å². The number of amides is 1. The first-order valence-corrected chi connectivity index (χ1v) is 12.7. The van der Waals surface area contributed by atoms with Crippen molar-refractivity contribution in [2.45, 2.75) is 44.4 Å². The van der Waals surface area contributed by atoms with Gasteiger partial charge >= 0.3 is 11.9 Å². The zero-order chi connectivity index (χ0) is 23.3. The van der Waals surface area contributed by atoms with Crippen molar-refractivity contribution in [2.75, 3.05) is 24.3 Å². The molecular weight excluding hydrogens is 454 g/mol. The second-order valence-corrected chi connectivity index (χ2v) is 10.6. The van der Waals surface area contributed by atoms with Gasteiger partial charge in [-0.25, -0.2) is 13.2 Å². The number of hydrogen-bond donors (Lipinski definition) is 1. The first-order chi connectivity index (χ1) is 15.2. The van der Waals surface area contributed by atoms with Crippen molar-refractivity contribution in [2.24, 2.45) is 0 Å². The van der Waals surface area contributed by atoms with E-state index in [2.05, 4.69) is 5.32 Å². The Bertz CT molecular complexity index is 1120. The third-order valence-electron chi connectivity index (χ3n) is 4.97. The van der Waals surface area contributed by atoms with E-state index in [9.17, 15) is 22.8 Å². The van der Waals surface area contributed by atoms with Gasteiger partial charge in [0.15, 0.2) is 16.4 Å². The van der Waals surface area contributed by atoms with Crippen LogP contribution in [0.4, 0.5) is 5.00 Å². The van der Waals surface area contributed by atoms with Gasteiger partial charge in [-0.3, -0.25) is 9.59 Å². The molecule has 0 saturated carbocycles. The first kappa shape index (κ1) is 23.9. The van der Waals surface area contributed by atoms with Crippen LogP contribution in [0.2, 0.25) is 0 Å². The molecule has 1 heterocycles. The summed E-state index contributed by atoms with van der Waals surface area (Å²) in [6, 6.07) is 6.34. The number of sulfone groups is 1. The number of hydrogen-bond acceptors (Lipinski definition) is 8. The third kappa shape index (κ3) is 5.74. The number of ether oxygens (including phenoxy) is 2. The minimum absolute atomic E-state index is 0.130. The molecule has 1 aromatic carbocycles. The van der Waals surface area contributed by atoms with Crippen LogP contribution < -0.4 is 5.32 Å². The average molecular weight is 480 g/mol. The summed E-state index contributed by atoms with van der Waals surface area (Å²) >= 11 is 1.33. The molecule has 3 rings (SSSR count). The van der Waals surface area contributed by atoms with Gasteiger partial charge in [-0.2, -0.15) is 0 Å². The van der Waals surface area contributed by atoms with Crippen LogP contribution in [0, 0.1) is 6.92 Å². The van der Waals surface area contributed by atoms with Crippen LogP contribution >= 0.6 is 11.3 Å². The van der Waals surface area contributed by atoms with Gasteiger partial charge in [0.1, 0.15) is 5.00 Å². The summed E-state index contributed by atoms with van der Waals surface area (Å²) < 4.78 is 34.7. The number of benzene rings is 1. The van der Waals surface area contributed by atoms with Crippen LogP contribution in [-0.4, -0.2) is 45.2 Å². The van der Waals surface area contributed by atoms with Crippen LogP contribution in [0.3, 0.4) is 0 Å². The van der Waals surface area contributed by atoms with Crippen molar-refractivity contribution >= 4 is 44.0 Å². The van der Waals surface area contributed by atoms with E-state index in [1.54, 1.807) is 19.1 Å². The lowest BCUT2D eigenvalue weighted by molar-refractivity contribution is -0.146. The Morgan fingerprint density at radius 3 is 2.50 bits per heavy atom. The Morgan fingerprint density at radius 1 is 1.09 bits per heavy atom. The molecule has 32 heavy (non-hydrogen) atoms. The SMILES string of the molecule is CCOC(=O)c1c(NC(=O)COC(=O)CCS(=O)(=O)c2ccc(C)cc2)sc2c1CCC2. The van der Waals surface area contributed by atoms with Crippen molar-refractivity contribution in [1.29, 1.82) is 0 Å². The minimum atomic E-state index is -3.63. The van der Waals surface area contributed by atoms with E-state index >= 15 is 0 Å². The number of esters is 2. The standard InChI is InChI=1S/C22H25NO7S2/c1-3-29-22(26)20-16-5-4-6-17(16)31-21(20)23-18(24)13-30-19(25)11-12-32(27,28)15-9-7-14(2)8-10-15/h7-10H,3-6,11-13H2,1-2H3,(H,23,24). The Labute approximate surface area is 190 Å². The molecule has 10 heteroatoms. The Morgan fingerprint density at radius 2 is 1.81 bits per heavy atom. The molecule has 0 saturated heterocycles. The summed E-state index contributed by atoms with van der Waals surface area (Å²) in [7, 11) is -3.63. The molecule has 0 spiro atoms. The van der Waals surface area contributed by atoms with Crippen molar-refractivity contribution in [1.82, 2.24) is 0 Å². The predicted octanol–water partition coefficient (Wildman–Crippen LogP) is 3.07.